The minimum atomic E-state index is -0.402. The van der Waals surface area contributed by atoms with Crippen LogP contribution in [0.25, 0.3) is 22.6 Å². The minimum Gasteiger partial charge on any atom is -0.436 e. The van der Waals surface area contributed by atoms with Crippen LogP contribution in [0.15, 0.2) is 59.1 Å². The number of hydrogen-bond acceptors (Lipinski definition) is 4. The third kappa shape index (κ3) is 3.52. The second-order valence-corrected chi connectivity index (χ2v) is 6.75. The van der Waals surface area contributed by atoms with Gasteiger partial charge in [-0.2, -0.15) is 0 Å². The van der Waals surface area contributed by atoms with Gasteiger partial charge in [-0.3, -0.25) is 4.79 Å². The molecule has 0 radical (unpaired) electrons. The number of rotatable bonds is 3. The van der Waals surface area contributed by atoms with Gasteiger partial charge in [-0.05, 0) is 55.0 Å². The molecule has 5 nitrogen and oxygen atoms in total. The summed E-state index contributed by atoms with van der Waals surface area (Å²) in [7, 11) is 0. The summed E-state index contributed by atoms with van der Waals surface area (Å²) in [6.07, 6.45) is 1.52. The van der Waals surface area contributed by atoms with E-state index in [1.807, 2.05) is 25.1 Å². The van der Waals surface area contributed by atoms with Gasteiger partial charge in [0.15, 0.2) is 5.58 Å². The Bertz CT molecular complexity index is 1170. The normalized spacial score (nSPS) is 10.9. The van der Waals surface area contributed by atoms with Crippen molar-refractivity contribution in [3.05, 3.63) is 76.0 Å². The number of oxazole rings is 1. The molecule has 0 bridgehead atoms. The summed E-state index contributed by atoms with van der Waals surface area (Å²) < 4.78 is 5.81. The van der Waals surface area contributed by atoms with Gasteiger partial charge in [-0.15, -0.1) is 0 Å². The predicted molar refractivity (Wildman–Crippen MR) is 106 cm³/mol. The Morgan fingerprint density at radius 2 is 1.96 bits per heavy atom. The molecule has 0 spiro atoms. The molecule has 7 heteroatoms. The summed E-state index contributed by atoms with van der Waals surface area (Å²) in [4.78, 5) is 20.9. The molecule has 2 aromatic heterocycles. The minimum absolute atomic E-state index is 0.122. The molecule has 0 saturated carbocycles. The predicted octanol–water partition coefficient (Wildman–Crippen LogP) is 5.76. The molecule has 1 amide bonds. The number of aryl methyl sites for hydroxylation is 1. The van der Waals surface area contributed by atoms with Crippen LogP contribution < -0.4 is 5.32 Å². The first-order valence-corrected chi connectivity index (χ1v) is 8.86. The van der Waals surface area contributed by atoms with Gasteiger partial charge in [0, 0.05) is 11.8 Å². The molecule has 0 aliphatic heterocycles. The molecule has 4 aromatic rings. The van der Waals surface area contributed by atoms with Gasteiger partial charge in [0.25, 0.3) is 5.91 Å². The molecule has 0 fully saturated rings. The van der Waals surface area contributed by atoms with Gasteiger partial charge >= 0.3 is 0 Å². The second kappa shape index (κ2) is 7.02. The fourth-order valence-electron chi connectivity index (χ4n) is 2.66. The highest BCUT2D eigenvalue weighted by molar-refractivity contribution is 6.35. The molecule has 1 N–H and O–H groups in total. The summed E-state index contributed by atoms with van der Waals surface area (Å²) in [5.74, 6) is 0.0440. The van der Waals surface area contributed by atoms with Crippen molar-refractivity contribution < 1.29 is 9.21 Å². The number of hydrogen-bond donors (Lipinski definition) is 1. The monoisotopic (exact) mass is 397 g/mol. The molecule has 2 heterocycles. The lowest BCUT2D eigenvalue weighted by molar-refractivity contribution is 0.102. The van der Waals surface area contributed by atoms with E-state index < -0.39 is 5.91 Å². The van der Waals surface area contributed by atoms with E-state index in [4.69, 9.17) is 27.6 Å². The van der Waals surface area contributed by atoms with Gasteiger partial charge in [0.05, 0.1) is 16.3 Å². The molecule has 0 unspecified atom stereocenters. The SMILES string of the molecule is Cc1ccc2oc(-c3ccc(Cl)c(NC(=O)c4cccnc4Cl)c3)nc2c1. The van der Waals surface area contributed by atoms with Gasteiger partial charge < -0.3 is 9.73 Å². The topological polar surface area (TPSA) is 68.0 Å². The van der Waals surface area contributed by atoms with Crippen molar-refractivity contribution in [3.63, 3.8) is 0 Å². The number of pyridine rings is 1. The third-order valence-corrected chi connectivity index (χ3v) is 4.64. The molecule has 4 rings (SSSR count). The maximum atomic E-state index is 12.5. The maximum Gasteiger partial charge on any atom is 0.258 e. The number of nitrogens with one attached hydrogen (secondary N) is 1. The summed E-state index contributed by atoms with van der Waals surface area (Å²) in [5, 5.41) is 3.27. The van der Waals surface area contributed by atoms with E-state index in [1.54, 1.807) is 30.3 Å². The zero-order valence-electron chi connectivity index (χ0n) is 14.2. The van der Waals surface area contributed by atoms with Gasteiger partial charge in [0.1, 0.15) is 10.7 Å². The highest BCUT2D eigenvalue weighted by atomic mass is 35.5. The number of aromatic nitrogens is 2. The first-order chi connectivity index (χ1) is 13.0. The lowest BCUT2D eigenvalue weighted by Crippen LogP contribution is -2.13. The van der Waals surface area contributed by atoms with Crippen molar-refractivity contribution in [2.24, 2.45) is 0 Å². The van der Waals surface area contributed by atoms with Crippen LogP contribution >= 0.6 is 23.2 Å². The molecule has 0 aliphatic carbocycles. The van der Waals surface area contributed by atoms with Crippen LogP contribution in [0.1, 0.15) is 15.9 Å². The Hall–Kier alpha value is -2.89. The maximum absolute atomic E-state index is 12.5. The van der Waals surface area contributed by atoms with Gasteiger partial charge in [-0.25, -0.2) is 9.97 Å². The first kappa shape index (κ1) is 17.5. The van der Waals surface area contributed by atoms with Crippen LogP contribution in [0, 0.1) is 6.92 Å². The molecule has 2 aromatic carbocycles. The average molecular weight is 398 g/mol. The number of carbonyl (C=O) groups excluding carboxylic acids is 1. The Morgan fingerprint density at radius 3 is 2.78 bits per heavy atom. The highest BCUT2D eigenvalue weighted by Gasteiger charge is 2.15. The van der Waals surface area contributed by atoms with Crippen molar-refractivity contribution in [2.75, 3.05) is 5.32 Å². The lowest BCUT2D eigenvalue weighted by Gasteiger charge is -2.09. The summed E-state index contributed by atoms with van der Waals surface area (Å²) in [5.41, 5.74) is 3.95. The molecule has 0 saturated heterocycles. The first-order valence-electron chi connectivity index (χ1n) is 8.10. The van der Waals surface area contributed by atoms with Crippen molar-refractivity contribution in [1.29, 1.82) is 0 Å². The van der Waals surface area contributed by atoms with E-state index in [0.717, 1.165) is 11.1 Å². The number of carbonyl (C=O) groups is 1. The smallest absolute Gasteiger partial charge is 0.258 e. The quantitative estimate of drug-likeness (QED) is 0.446. The zero-order chi connectivity index (χ0) is 19.0. The number of benzene rings is 2. The Labute approximate surface area is 165 Å². The standard InChI is InChI=1S/C20H13Cl2N3O2/c1-11-4-7-17-16(9-11)25-20(27-17)12-5-6-14(21)15(10-12)24-19(26)13-3-2-8-23-18(13)22/h2-10H,1H3,(H,24,26). The van der Waals surface area contributed by atoms with Crippen LogP contribution in [0.5, 0.6) is 0 Å². The number of amides is 1. The Balaban J connectivity index is 1.68. The lowest BCUT2D eigenvalue weighted by atomic mass is 10.2. The molecule has 134 valence electrons. The van der Waals surface area contributed by atoms with Crippen LogP contribution in [0.3, 0.4) is 0 Å². The van der Waals surface area contributed by atoms with Gasteiger partial charge in [-0.1, -0.05) is 29.3 Å². The summed E-state index contributed by atoms with van der Waals surface area (Å²) in [6.45, 7) is 1.99. The fraction of sp³-hybridized carbons (Fsp3) is 0.0500. The van der Waals surface area contributed by atoms with Crippen molar-refractivity contribution in [1.82, 2.24) is 9.97 Å². The average Bonchev–Trinajstić information content (AvgIpc) is 3.07. The van der Waals surface area contributed by atoms with Crippen molar-refractivity contribution in [2.45, 2.75) is 6.92 Å². The van der Waals surface area contributed by atoms with Crippen LogP contribution in [-0.2, 0) is 0 Å². The van der Waals surface area contributed by atoms with E-state index in [1.165, 1.54) is 6.20 Å². The Kier molecular flexibility index (Phi) is 4.56. The van der Waals surface area contributed by atoms with Crippen LogP contribution in [0.4, 0.5) is 5.69 Å². The summed E-state index contributed by atoms with van der Waals surface area (Å²) >= 11 is 12.2. The number of anilines is 1. The number of fused-ring (bicyclic) bond motifs is 1. The summed E-state index contributed by atoms with van der Waals surface area (Å²) in [6, 6.07) is 14.2. The molecule has 0 atom stereocenters. The van der Waals surface area contributed by atoms with Crippen LogP contribution in [0.2, 0.25) is 10.2 Å². The largest absolute Gasteiger partial charge is 0.436 e. The Morgan fingerprint density at radius 1 is 1.11 bits per heavy atom. The van der Waals surface area contributed by atoms with E-state index in [9.17, 15) is 4.79 Å². The third-order valence-electron chi connectivity index (χ3n) is 4.01. The van der Waals surface area contributed by atoms with Gasteiger partial charge in [0.2, 0.25) is 5.89 Å². The number of nitrogens with zero attached hydrogens (tertiary/aromatic N) is 2. The molecule has 27 heavy (non-hydrogen) atoms. The highest BCUT2D eigenvalue weighted by Crippen LogP contribution is 2.31. The van der Waals surface area contributed by atoms with E-state index in [0.29, 0.717) is 27.7 Å². The van der Waals surface area contributed by atoms with E-state index >= 15 is 0 Å². The van der Waals surface area contributed by atoms with E-state index in [2.05, 4.69) is 15.3 Å². The number of halogens is 2. The fourth-order valence-corrected chi connectivity index (χ4v) is 3.03. The van der Waals surface area contributed by atoms with Crippen molar-refractivity contribution >= 4 is 45.9 Å². The molecular weight excluding hydrogens is 385 g/mol. The second-order valence-electron chi connectivity index (χ2n) is 5.98. The van der Waals surface area contributed by atoms with Crippen LogP contribution in [-0.4, -0.2) is 15.9 Å². The van der Waals surface area contributed by atoms with Crippen molar-refractivity contribution in [3.8, 4) is 11.5 Å². The zero-order valence-corrected chi connectivity index (χ0v) is 15.7. The molecule has 0 aliphatic rings. The van der Waals surface area contributed by atoms with E-state index in [-0.39, 0.29) is 10.7 Å². The molecular formula is C20H13Cl2N3O2.